The van der Waals surface area contributed by atoms with Crippen LogP contribution in [0.1, 0.15) is 31.4 Å². The number of rotatable bonds is 5. The number of aryl methyl sites for hydroxylation is 2. The number of benzene rings is 1. The topological polar surface area (TPSA) is 21.7 Å². The second-order valence-electron chi connectivity index (χ2n) is 5.96. The zero-order valence-corrected chi connectivity index (χ0v) is 13.2. The number of morpholine rings is 1. The Bertz CT molecular complexity index is 423. The predicted octanol–water partition coefficient (Wildman–Crippen LogP) is 3.18. The second-order valence-corrected chi connectivity index (χ2v) is 5.96. The summed E-state index contributed by atoms with van der Waals surface area (Å²) in [7, 11) is 0. The highest BCUT2D eigenvalue weighted by Crippen LogP contribution is 2.17. The molecule has 0 spiro atoms. The molecule has 0 N–H and O–H groups in total. The van der Waals surface area contributed by atoms with Crippen molar-refractivity contribution in [1.29, 1.82) is 0 Å². The SMILES string of the molecule is Cc1ccc(OCCCN2C[C@@H](C)O[C@H](C)C2)cc1C. The van der Waals surface area contributed by atoms with Gasteiger partial charge in [0.1, 0.15) is 5.75 Å². The summed E-state index contributed by atoms with van der Waals surface area (Å²) in [6.07, 6.45) is 1.76. The van der Waals surface area contributed by atoms with E-state index in [0.717, 1.165) is 38.4 Å². The third-order valence-corrected chi connectivity index (χ3v) is 3.86. The fourth-order valence-corrected chi connectivity index (χ4v) is 2.75. The van der Waals surface area contributed by atoms with E-state index < -0.39 is 0 Å². The minimum absolute atomic E-state index is 0.347. The minimum atomic E-state index is 0.347. The van der Waals surface area contributed by atoms with Crippen molar-refractivity contribution in [2.24, 2.45) is 0 Å². The van der Waals surface area contributed by atoms with E-state index in [4.69, 9.17) is 9.47 Å². The zero-order valence-electron chi connectivity index (χ0n) is 13.2. The van der Waals surface area contributed by atoms with Gasteiger partial charge in [0.2, 0.25) is 0 Å². The molecule has 0 radical (unpaired) electrons. The summed E-state index contributed by atoms with van der Waals surface area (Å²) < 4.78 is 11.6. The Hall–Kier alpha value is -1.06. The number of ether oxygens (including phenoxy) is 2. The lowest BCUT2D eigenvalue weighted by molar-refractivity contribution is -0.0686. The molecule has 1 heterocycles. The van der Waals surface area contributed by atoms with E-state index in [0.29, 0.717) is 12.2 Å². The molecule has 0 saturated carbocycles. The molecule has 3 nitrogen and oxygen atoms in total. The van der Waals surface area contributed by atoms with Crippen molar-refractivity contribution < 1.29 is 9.47 Å². The summed E-state index contributed by atoms with van der Waals surface area (Å²) in [6, 6.07) is 6.30. The molecule has 2 rings (SSSR count). The van der Waals surface area contributed by atoms with Crippen LogP contribution in [0.3, 0.4) is 0 Å². The maximum Gasteiger partial charge on any atom is 0.119 e. The van der Waals surface area contributed by atoms with Crippen molar-refractivity contribution in [2.45, 2.75) is 46.3 Å². The molecule has 1 aliphatic heterocycles. The average molecular weight is 277 g/mol. The molecule has 0 bridgehead atoms. The summed E-state index contributed by atoms with van der Waals surface area (Å²) in [5.74, 6) is 0.983. The van der Waals surface area contributed by atoms with Gasteiger partial charge >= 0.3 is 0 Å². The van der Waals surface area contributed by atoms with E-state index in [1.807, 2.05) is 0 Å². The van der Waals surface area contributed by atoms with Gasteiger partial charge in [0.05, 0.1) is 18.8 Å². The average Bonchev–Trinajstić information content (AvgIpc) is 2.38. The molecule has 0 amide bonds. The lowest BCUT2D eigenvalue weighted by Gasteiger charge is -2.35. The highest BCUT2D eigenvalue weighted by Gasteiger charge is 2.21. The van der Waals surface area contributed by atoms with Gasteiger partial charge < -0.3 is 9.47 Å². The van der Waals surface area contributed by atoms with Gasteiger partial charge in [-0.3, -0.25) is 4.90 Å². The number of nitrogens with zero attached hydrogens (tertiary/aromatic N) is 1. The first-order chi connectivity index (χ1) is 9.54. The summed E-state index contributed by atoms with van der Waals surface area (Å²) in [5, 5.41) is 0. The molecule has 0 aliphatic carbocycles. The van der Waals surface area contributed by atoms with Crippen molar-refractivity contribution in [3.05, 3.63) is 29.3 Å². The third kappa shape index (κ3) is 4.50. The molecule has 0 aromatic heterocycles. The van der Waals surface area contributed by atoms with Crippen LogP contribution in [0.25, 0.3) is 0 Å². The Morgan fingerprint density at radius 3 is 2.50 bits per heavy atom. The third-order valence-electron chi connectivity index (χ3n) is 3.86. The van der Waals surface area contributed by atoms with Gasteiger partial charge in [0.25, 0.3) is 0 Å². The molecular formula is C17H27NO2. The van der Waals surface area contributed by atoms with Crippen molar-refractivity contribution >= 4 is 0 Å². The monoisotopic (exact) mass is 277 g/mol. The molecule has 1 saturated heterocycles. The summed E-state index contributed by atoms with van der Waals surface area (Å²) >= 11 is 0. The van der Waals surface area contributed by atoms with Crippen molar-refractivity contribution in [3.63, 3.8) is 0 Å². The molecule has 2 atom stereocenters. The van der Waals surface area contributed by atoms with E-state index in [9.17, 15) is 0 Å². The van der Waals surface area contributed by atoms with Crippen molar-refractivity contribution in [2.75, 3.05) is 26.2 Å². The van der Waals surface area contributed by atoms with Crippen LogP contribution in [0, 0.1) is 13.8 Å². The normalized spacial score (nSPS) is 23.8. The van der Waals surface area contributed by atoms with E-state index in [1.54, 1.807) is 0 Å². The Morgan fingerprint density at radius 2 is 1.85 bits per heavy atom. The van der Waals surface area contributed by atoms with Gasteiger partial charge in [-0.2, -0.15) is 0 Å². The molecule has 1 aliphatic rings. The quantitative estimate of drug-likeness (QED) is 0.772. The van der Waals surface area contributed by atoms with E-state index in [1.165, 1.54) is 11.1 Å². The van der Waals surface area contributed by atoms with E-state index in [-0.39, 0.29) is 0 Å². The largest absolute Gasteiger partial charge is 0.494 e. The molecule has 20 heavy (non-hydrogen) atoms. The molecule has 0 unspecified atom stereocenters. The fraction of sp³-hybridized carbons (Fsp3) is 0.647. The van der Waals surface area contributed by atoms with Gasteiger partial charge in [0, 0.05) is 19.6 Å². The zero-order chi connectivity index (χ0) is 14.5. The molecular weight excluding hydrogens is 250 g/mol. The Kier molecular flexibility index (Phi) is 5.44. The van der Waals surface area contributed by atoms with Crippen LogP contribution in [0.2, 0.25) is 0 Å². The van der Waals surface area contributed by atoms with Crippen LogP contribution in [-0.2, 0) is 4.74 Å². The lowest BCUT2D eigenvalue weighted by atomic mass is 10.1. The standard InChI is InChI=1S/C17H27NO2/c1-13-6-7-17(10-14(13)2)19-9-5-8-18-11-15(3)20-16(4)12-18/h6-7,10,15-16H,5,8-9,11-12H2,1-4H3/t15-,16-/m1/s1. The molecule has 1 aromatic rings. The first-order valence-electron chi connectivity index (χ1n) is 7.62. The van der Waals surface area contributed by atoms with Crippen molar-refractivity contribution in [1.82, 2.24) is 4.90 Å². The minimum Gasteiger partial charge on any atom is -0.494 e. The first-order valence-corrected chi connectivity index (χ1v) is 7.62. The highest BCUT2D eigenvalue weighted by molar-refractivity contribution is 5.33. The molecule has 3 heteroatoms. The summed E-state index contributed by atoms with van der Waals surface area (Å²) in [5.41, 5.74) is 2.60. The Labute approximate surface area is 122 Å². The Morgan fingerprint density at radius 1 is 1.15 bits per heavy atom. The van der Waals surface area contributed by atoms with Gasteiger partial charge in [-0.05, 0) is 57.4 Å². The maximum absolute atomic E-state index is 5.83. The second kappa shape index (κ2) is 7.09. The van der Waals surface area contributed by atoms with Crippen LogP contribution in [0.4, 0.5) is 0 Å². The van der Waals surface area contributed by atoms with Crippen LogP contribution in [0.15, 0.2) is 18.2 Å². The summed E-state index contributed by atoms with van der Waals surface area (Å²) in [6.45, 7) is 12.5. The number of hydrogen-bond acceptors (Lipinski definition) is 3. The predicted molar refractivity (Wildman–Crippen MR) is 82.5 cm³/mol. The van der Waals surface area contributed by atoms with Gasteiger partial charge in [-0.25, -0.2) is 0 Å². The van der Waals surface area contributed by atoms with Crippen molar-refractivity contribution in [3.8, 4) is 5.75 Å². The van der Waals surface area contributed by atoms with E-state index >= 15 is 0 Å². The highest BCUT2D eigenvalue weighted by atomic mass is 16.5. The Balaban J connectivity index is 1.69. The van der Waals surface area contributed by atoms with Gasteiger partial charge in [-0.1, -0.05) is 6.07 Å². The smallest absolute Gasteiger partial charge is 0.119 e. The molecule has 1 fully saturated rings. The number of hydrogen-bond donors (Lipinski definition) is 0. The van der Waals surface area contributed by atoms with Crippen LogP contribution >= 0.6 is 0 Å². The van der Waals surface area contributed by atoms with Crippen LogP contribution < -0.4 is 4.74 Å². The van der Waals surface area contributed by atoms with Crippen LogP contribution in [-0.4, -0.2) is 43.3 Å². The summed E-state index contributed by atoms with van der Waals surface area (Å²) in [4.78, 5) is 2.47. The van der Waals surface area contributed by atoms with E-state index in [2.05, 4.69) is 50.8 Å². The molecule has 1 aromatic carbocycles. The fourth-order valence-electron chi connectivity index (χ4n) is 2.75. The van der Waals surface area contributed by atoms with Crippen LogP contribution in [0.5, 0.6) is 5.75 Å². The van der Waals surface area contributed by atoms with Gasteiger partial charge in [-0.15, -0.1) is 0 Å². The maximum atomic E-state index is 5.83. The van der Waals surface area contributed by atoms with Gasteiger partial charge in [0.15, 0.2) is 0 Å². The first kappa shape index (κ1) is 15.3. The lowest BCUT2D eigenvalue weighted by Crippen LogP contribution is -2.45. The molecule has 112 valence electrons.